The van der Waals surface area contributed by atoms with Crippen LogP contribution < -0.4 is 10.1 Å². The smallest absolute Gasteiger partial charge is 0.126 e. The Morgan fingerprint density at radius 3 is 2.35 bits per heavy atom. The highest BCUT2D eigenvalue weighted by molar-refractivity contribution is 5.27. The molecule has 0 fully saturated rings. The monoisotopic (exact) mass is 273 g/mol. The number of ether oxygens (including phenoxy) is 1. The van der Waals surface area contributed by atoms with E-state index in [-0.39, 0.29) is 5.82 Å². The first kappa shape index (κ1) is 14.5. The Balaban J connectivity index is 1.67. The number of benzene rings is 2. The second-order valence-electron chi connectivity index (χ2n) is 4.69. The lowest BCUT2D eigenvalue weighted by molar-refractivity contribution is 0.414. The van der Waals surface area contributed by atoms with Gasteiger partial charge in [-0.1, -0.05) is 30.3 Å². The molecule has 0 radical (unpaired) electrons. The Morgan fingerprint density at radius 2 is 1.65 bits per heavy atom. The van der Waals surface area contributed by atoms with Crippen molar-refractivity contribution in [3.63, 3.8) is 0 Å². The minimum Gasteiger partial charge on any atom is -0.497 e. The van der Waals surface area contributed by atoms with Crippen molar-refractivity contribution in [2.45, 2.75) is 12.8 Å². The van der Waals surface area contributed by atoms with Gasteiger partial charge in [0.2, 0.25) is 0 Å². The van der Waals surface area contributed by atoms with Gasteiger partial charge in [-0.2, -0.15) is 0 Å². The molecular weight excluding hydrogens is 253 g/mol. The lowest BCUT2D eigenvalue weighted by Gasteiger charge is -2.06. The molecule has 0 aromatic heterocycles. The minimum absolute atomic E-state index is 0.121. The highest BCUT2D eigenvalue weighted by Crippen LogP contribution is 2.11. The van der Waals surface area contributed by atoms with E-state index in [0.717, 1.165) is 37.2 Å². The molecule has 0 spiro atoms. The van der Waals surface area contributed by atoms with Crippen molar-refractivity contribution in [1.82, 2.24) is 5.32 Å². The van der Waals surface area contributed by atoms with Crippen LogP contribution >= 0.6 is 0 Å². The summed E-state index contributed by atoms with van der Waals surface area (Å²) in [6.45, 7) is 1.68. The lowest BCUT2D eigenvalue weighted by atomic mass is 10.1. The van der Waals surface area contributed by atoms with Crippen molar-refractivity contribution < 1.29 is 9.13 Å². The number of hydrogen-bond acceptors (Lipinski definition) is 2. The van der Waals surface area contributed by atoms with Gasteiger partial charge in [0.15, 0.2) is 0 Å². The quantitative estimate of drug-likeness (QED) is 0.782. The maximum absolute atomic E-state index is 13.4. The molecule has 0 amide bonds. The summed E-state index contributed by atoms with van der Waals surface area (Å²) in [6.07, 6.45) is 1.68. The normalized spacial score (nSPS) is 10.5. The van der Waals surface area contributed by atoms with E-state index in [1.165, 1.54) is 11.6 Å². The van der Waals surface area contributed by atoms with Gasteiger partial charge in [-0.3, -0.25) is 0 Å². The van der Waals surface area contributed by atoms with Crippen molar-refractivity contribution in [3.8, 4) is 5.75 Å². The number of methoxy groups -OCH3 is 1. The van der Waals surface area contributed by atoms with Crippen molar-refractivity contribution >= 4 is 0 Å². The molecule has 2 nitrogen and oxygen atoms in total. The van der Waals surface area contributed by atoms with Crippen molar-refractivity contribution in [2.24, 2.45) is 0 Å². The fourth-order valence-corrected chi connectivity index (χ4v) is 2.07. The maximum atomic E-state index is 13.4. The van der Waals surface area contributed by atoms with Crippen molar-refractivity contribution in [3.05, 3.63) is 65.5 Å². The summed E-state index contributed by atoms with van der Waals surface area (Å²) < 4.78 is 18.5. The molecule has 0 unspecified atom stereocenters. The topological polar surface area (TPSA) is 21.3 Å². The van der Waals surface area contributed by atoms with Crippen LogP contribution in [0.15, 0.2) is 48.5 Å². The lowest BCUT2D eigenvalue weighted by Crippen LogP contribution is -2.20. The van der Waals surface area contributed by atoms with Crippen LogP contribution in [0, 0.1) is 5.82 Å². The van der Waals surface area contributed by atoms with Crippen LogP contribution in [0.1, 0.15) is 11.1 Å². The Hall–Kier alpha value is -1.87. The van der Waals surface area contributed by atoms with Crippen LogP contribution in [0.4, 0.5) is 4.39 Å². The molecular formula is C17H20FNO. The summed E-state index contributed by atoms with van der Waals surface area (Å²) in [5.74, 6) is 0.755. The van der Waals surface area contributed by atoms with Gasteiger partial charge < -0.3 is 10.1 Å². The highest BCUT2D eigenvalue weighted by atomic mass is 19.1. The molecule has 20 heavy (non-hydrogen) atoms. The summed E-state index contributed by atoms with van der Waals surface area (Å²) in [6, 6.07) is 15.0. The van der Waals surface area contributed by atoms with Gasteiger partial charge in [0.25, 0.3) is 0 Å². The fourth-order valence-electron chi connectivity index (χ4n) is 2.07. The van der Waals surface area contributed by atoms with Crippen LogP contribution in [-0.2, 0) is 12.8 Å². The molecule has 0 atom stereocenters. The van der Waals surface area contributed by atoms with Gasteiger partial charge in [0.1, 0.15) is 11.6 Å². The predicted molar refractivity (Wildman–Crippen MR) is 79.7 cm³/mol. The molecule has 0 aliphatic heterocycles. The van der Waals surface area contributed by atoms with E-state index in [0.29, 0.717) is 0 Å². The number of nitrogens with one attached hydrogen (secondary N) is 1. The van der Waals surface area contributed by atoms with Gasteiger partial charge in [0, 0.05) is 0 Å². The van der Waals surface area contributed by atoms with Gasteiger partial charge in [-0.05, 0) is 55.3 Å². The zero-order chi connectivity index (χ0) is 14.2. The summed E-state index contributed by atoms with van der Waals surface area (Å²) in [5.41, 5.74) is 2.04. The Bertz CT molecular complexity index is 525. The fraction of sp³-hybridized carbons (Fsp3) is 0.294. The predicted octanol–water partition coefficient (Wildman–Crippen LogP) is 3.21. The molecule has 0 aliphatic carbocycles. The Labute approximate surface area is 119 Å². The summed E-state index contributed by atoms with van der Waals surface area (Å²) in [4.78, 5) is 0. The van der Waals surface area contributed by atoms with Gasteiger partial charge in [0.05, 0.1) is 7.11 Å². The molecule has 3 heteroatoms. The third kappa shape index (κ3) is 4.35. The summed E-state index contributed by atoms with van der Waals surface area (Å²) in [7, 11) is 1.67. The van der Waals surface area contributed by atoms with Gasteiger partial charge in [-0.15, -0.1) is 0 Å². The molecule has 0 aliphatic rings. The third-order valence-electron chi connectivity index (χ3n) is 3.28. The highest BCUT2D eigenvalue weighted by Gasteiger charge is 2.00. The van der Waals surface area contributed by atoms with Crippen molar-refractivity contribution in [2.75, 3.05) is 20.2 Å². The number of halogens is 1. The second kappa shape index (κ2) is 7.65. The number of rotatable bonds is 7. The zero-order valence-corrected chi connectivity index (χ0v) is 11.7. The van der Waals surface area contributed by atoms with E-state index in [9.17, 15) is 4.39 Å². The second-order valence-corrected chi connectivity index (χ2v) is 4.69. The Kier molecular flexibility index (Phi) is 5.56. The molecule has 0 heterocycles. The molecule has 0 saturated heterocycles. The Morgan fingerprint density at radius 1 is 0.950 bits per heavy atom. The SMILES string of the molecule is COc1ccc(CCNCCc2ccccc2F)cc1. The number of hydrogen-bond donors (Lipinski definition) is 1. The van der Waals surface area contributed by atoms with Crippen LogP contribution in [0.5, 0.6) is 5.75 Å². The first-order valence-electron chi connectivity index (χ1n) is 6.86. The molecule has 2 rings (SSSR count). The zero-order valence-electron chi connectivity index (χ0n) is 11.7. The first-order valence-corrected chi connectivity index (χ1v) is 6.86. The van der Waals surface area contributed by atoms with Crippen LogP contribution in [-0.4, -0.2) is 20.2 Å². The maximum Gasteiger partial charge on any atom is 0.126 e. The van der Waals surface area contributed by atoms with E-state index >= 15 is 0 Å². The summed E-state index contributed by atoms with van der Waals surface area (Å²) >= 11 is 0. The molecule has 2 aromatic carbocycles. The van der Waals surface area contributed by atoms with E-state index in [4.69, 9.17) is 4.74 Å². The molecule has 0 saturated carbocycles. The minimum atomic E-state index is -0.121. The third-order valence-corrected chi connectivity index (χ3v) is 3.28. The molecule has 1 N–H and O–H groups in total. The summed E-state index contributed by atoms with van der Waals surface area (Å²) in [5, 5.41) is 3.34. The van der Waals surface area contributed by atoms with Gasteiger partial charge >= 0.3 is 0 Å². The van der Waals surface area contributed by atoms with E-state index in [1.54, 1.807) is 13.2 Å². The average molecular weight is 273 g/mol. The van der Waals surface area contributed by atoms with E-state index in [2.05, 4.69) is 17.4 Å². The molecule has 0 bridgehead atoms. The average Bonchev–Trinajstić information content (AvgIpc) is 2.49. The van der Waals surface area contributed by atoms with Crippen molar-refractivity contribution in [1.29, 1.82) is 0 Å². The molecule has 106 valence electrons. The van der Waals surface area contributed by atoms with E-state index < -0.39 is 0 Å². The molecule has 2 aromatic rings. The van der Waals surface area contributed by atoms with E-state index in [1.807, 2.05) is 24.3 Å². The van der Waals surface area contributed by atoms with Crippen LogP contribution in [0.25, 0.3) is 0 Å². The standard InChI is InChI=1S/C17H20FNO/c1-20-16-8-6-14(7-9-16)10-12-19-13-11-15-4-2-3-5-17(15)18/h2-9,19H,10-13H2,1H3. The largest absolute Gasteiger partial charge is 0.497 e. The van der Waals surface area contributed by atoms with Gasteiger partial charge in [-0.25, -0.2) is 4.39 Å². The van der Waals surface area contributed by atoms with Crippen LogP contribution in [0.3, 0.4) is 0 Å². The first-order chi connectivity index (χ1) is 9.79. The van der Waals surface area contributed by atoms with Crippen LogP contribution in [0.2, 0.25) is 0 Å².